The number of aromatic nitrogens is 1. The van der Waals surface area contributed by atoms with Crippen molar-refractivity contribution in [3.8, 4) is 0 Å². The van der Waals surface area contributed by atoms with Gasteiger partial charge in [0.25, 0.3) is 5.91 Å². The monoisotopic (exact) mass is 388 g/mol. The predicted molar refractivity (Wildman–Crippen MR) is 105 cm³/mol. The summed E-state index contributed by atoms with van der Waals surface area (Å²) in [6, 6.07) is 7.15. The van der Waals surface area contributed by atoms with E-state index in [0.717, 1.165) is 12.8 Å². The van der Waals surface area contributed by atoms with Crippen LogP contribution in [0.5, 0.6) is 0 Å². The van der Waals surface area contributed by atoms with Crippen molar-refractivity contribution in [1.82, 2.24) is 9.88 Å². The highest BCUT2D eigenvalue weighted by atomic mass is 16.5. The van der Waals surface area contributed by atoms with Crippen LogP contribution in [-0.4, -0.2) is 28.6 Å². The van der Waals surface area contributed by atoms with Gasteiger partial charge < -0.3 is 14.5 Å². The van der Waals surface area contributed by atoms with Gasteiger partial charge in [0.2, 0.25) is 0 Å². The highest BCUT2D eigenvalue weighted by molar-refractivity contribution is 5.83. The summed E-state index contributed by atoms with van der Waals surface area (Å²) in [5.74, 6) is -0.336. The molecule has 1 saturated carbocycles. The van der Waals surface area contributed by atoms with Crippen LogP contribution in [0.25, 0.3) is 11.1 Å². The molecule has 1 aromatic heterocycles. The molecular weight excluding hydrogens is 360 g/mol. The fourth-order valence-corrected chi connectivity index (χ4v) is 3.82. The lowest BCUT2D eigenvalue weighted by molar-refractivity contribution is -0.155. The lowest BCUT2D eigenvalue weighted by Crippen LogP contribution is -2.47. The number of nitrogens with one attached hydrogen (secondary N) is 1. The number of aryl methyl sites for hydroxylation is 1. The first kappa shape index (κ1) is 20.2. The maximum absolute atomic E-state index is 12.4. The first-order chi connectivity index (χ1) is 13.4. The van der Waals surface area contributed by atoms with Crippen LogP contribution in [0.15, 0.2) is 33.5 Å². The lowest BCUT2D eigenvalue weighted by atomic mass is 9.78. The SMILES string of the molecule is C[C@@H]1[C@H](C)CCC[C@@H]1NC(=O)[C@@H](C)OC(=O)CCn1c(=O)oc2ccccc21. The number of oxazole rings is 1. The number of carbonyl (C=O) groups excluding carboxylic acids is 2. The lowest BCUT2D eigenvalue weighted by Gasteiger charge is -2.35. The largest absolute Gasteiger partial charge is 0.452 e. The van der Waals surface area contributed by atoms with Crippen LogP contribution in [-0.2, 0) is 20.9 Å². The molecule has 1 N–H and O–H groups in total. The first-order valence-electron chi connectivity index (χ1n) is 9.95. The summed E-state index contributed by atoms with van der Waals surface area (Å²) in [5, 5.41) is 3.02. The van der Waals surface area contributed by atoms with Gasteiger partial charge in [0.05, 0.1) is 11.9 Å². The Labute approximate surface area is 164 Å². The third-order valence-corrected chi connectivity index (χ3v) is 5.83. The molecular formula is C21H28N2O5. The van der Waals surface area contributed by atoms with E-state index in [2.05, 4.69) is 19.2 Å². The number of para-hydroxylation sites is 2. The Kier molecular flexibility index (Phi) is 6.21. The molecule has 1 aromatic carbocycles. The first-order valence-corrected chi connectivity index (χ1v) is 9.95. The van der Waals surface area contributed by atoms with E-state index in [0.29, 0.717) is 22.9 Å². The van der Waals surface area contributed by atoms with E-state index in [4.69, 9.17) is 9.15 Å². The number of carbonyl (C=O) groups is 2. The van der Waals surface area contributed by atoms with E-state index in [9.17, 15) is 14.4 Å². The fraction of sp³-hybridized carbons (Fsp3) is 0.571. The molecule has 1 aliphatic carbocycles. The van der Waals surface area contributed by atoms with Gasteiger partial charge in [0, 0.05) is 12.6 Å². The standard InChI is InChI=1S/C21H28N2O5/c1-13-7-6-8-16(14(13)2)22-20(25)15(3)27-19(24)11-12-23-17-9-4-5-10-18(17)28-21(23)26/h4-5,9-10,13-16H,6-8,11-12H2,1-3H3,(H,22,25)/t13-,14-,15-,16+/m1/s1. The normalized spacial score (nSPS) is 23.3. The van der Waals surface area contributed by atoms with E-state index in [1.807, 2.05) is 0 Å². The molecule has 28 heavy (non-hydrogen) atoms. The maximum atomic E-state index is 12.4. The second-order valence-electron chi connectivity index (χ2n) is 7.75. The van der Waals surface area contributed by atoms with Crippen molar-refractivity contribution in [3.05, 3.63) is 34.8 Å². The molecule has 4 atom stereocenters. The third-order valence-electron chi connectivity index (χ3n) is 5.83. The summed E-state index contributed by atoms with van der Waals surface area (Å²) >= 11 is 0. The topological polar surface area (TPSA) is 90.5 Å². The molecule has 152 valence electrons. The third kappa shape index (κ3) is 4.46. The summed E-state index contributed by atoms with van der Waals surface area (Å²) in [6.45, 7) is 6.07. The average molecular weight is 388 g/mol. The van der Waals surface area contributed by atoms with Gasteiger partial charge in [0.1, 0.15) is 0 Å². The summed E-state index contributed by atoms with van der Waals surface area (Å²) in [7, 11) is 0. The molecule has 1 amide bonds. The van der Waals surface area contributed by atoms with Crippen molar-refractivity contribution >= 4 is 23.0 Å². The number of ether oxygens (including phenoxy) is 1. The molecule has 0 aliphatic heterocycles. The van der Waals surface area contributed by atoms with Gasteiger partial charge in [0.15, 0.2) is 11.7 Å². The summed E-state index contributed by atoms with van der Waals surface area (Å²) in [4.78, 5) is 36.5. The number of esters is 1. The van der Waals surface area contributed by atoms with Gasteiger partial charge >= 0.3 is 11.7 Å². The summed E-state index contributed by atoms with van der Waals surface area (Å²) in [6.07, 6.45) is 2.35. The quantitative estimate of drug-likeness (QED) is 0.769. The van der Waals surface area contributed by atoms with Gasteiger partial charge in [-0.25, -0.2) is 4.79 Å². The van der Waals surface area contributed by atoms with Crippen molar-refractivity contribution in [1.29, 1.82) is 0 Å². The molecule has 2 aromatic rings. The van der Waals surface area contributed by atoms with Crippen LogP contribution in [0.2, 0.25) is 0 Å². The van der Waals surface area contributed by atoms with Gasteiger partial charge in [-0.1, -0.05) is 38.8 Å². The van der Waals surface area contributed by atoms with E-state index in [1.165, 1.54) is 11.0 Å². The molecule has 7 heteroatoms. The van der Waals surface area contributed by atoms with Crippen molar-refractivity contribution in [2.75, 3.05) is 0 Å². The van der Waals surface area contributed by atoms with E-state index in [-0.39, 0.29) is 24.9 Å². The number of nitrogens with zero attached hydrogens (tertiary/aromatic N) is 1. The zero-order chi connectivity index (χ0) is 20.3. The number of hydrogen-bond donors (Lipinski definition) is 1. The molecule has 0 spiro atoms. The summed E-state index contributed by atoms with van der Waals surface area (Å²) in [5.41, 5.74) is 1.11. The number of rotatable bonds is 6. The van der Waals surface area contributed by atoms with Crippen LogP contribution in [0.3, 0.4) is 0 Å². The number of amides is 1. The highest BCUT2D eigenvalue weighted by Crippen LogP contribution is 2.29. The minimum Gasteiger partial charge on any atom is -0.452 e. The van der Waals surface area contributed by atoms with Crippen LogP contribution >= 0.6 is 0 Å². The zero-order valence-corrected chi connectivity index (χ0v) is 16.6. The molecule has 0 radical (unpaired) electrons. The smallest absolute Gasteiger partial charge is 0.419 e. The van der Waals surface area contributed by atoms with Crippen LogP contribution in [0.4, 0.5) is 0 Å². The minimum absolute atomic E-state index is 0.0160. The average Bonchev–Trinajstić information content (AvgIpc) is 2.98. The van der Waals surface area contributed by atoms with Crippen LogP contribution < -0.4 is 11.1 Å². The molecule has 3 rings (SSSR count). The minimum atomic E-state index is -0.866. The maximum Gasteiger partial charge on any atom is 0.419 e. The Bertz CT molecular complexity index is 900. The molecule has 0 bridgehead atoms. The van der Waals surface area contributed by atoms with Gasteiger partial charge in [-0.15, -0.1) is 0 Å². The van der Waals surface area contributed by atoms with E-state index >= 15 is 0 Å². The Hall–Kier alpha value is -2.57. The molecule has 1 heterocycles. The Balaban J connectivity index is 1.52. The van der Waals surface area contributed by atoms with Crippen molar-refractivity contribution in [3.63, 3.8) is 0 Å². The van der Waals surface area contributed by atoms with Gasteiger partial charge in [-0.2, -0.15) is 0 Å². The van der Waals surface area contributed by atoms with Gasteiger partial charge in [-0.05, 0) is 37.3 Å². The Morgan fingerprint density at radius 1 is 1.29 bits per heavy atom. The van der Waals surface area contributed by atoms with E-state index in [1.54, 1.807) is 31.2 Å². The molecule has 1 aliphatic rings. The zero-order valence-electron chi connectivity index (χ0n) is 16.6. The number of fused-ring (bicyclic) bond motifs is 1. The van der Waals surface area contributed by atoms with Crippen LogP contribution in [0.1, 0.15) is 46.5 Å². The molecule has 0 saturated heterocycles. The second kappa shape index (κ2) is 8.63. The van der Waals surface area contributed by atoms with E-state index < -0.39 is 17.8 Å². The number of benzene rings is 1. The van der Waals surface area contributed by atoms with Crippen molar-refractivity contribution < 1.29 is 18.7 Å². The Morgan fingerprint density at radius 3 is 2.82 bits per heavy atom. The predicted octanol–water partition coefficient (Wildman–Crippen LogP) is 2.86. The molecule has 0 unspecified atom stereocenters. The van der Waals surface area contributed by atoms with Crippen LogP contribution in [0, 0.1) is 11.8 Å². The fourth-order valence-electron chi connectivity index (χ4n) is 3.82. The summed E-state index contributed by atoms with van der Waals surface area (Å²) < 4.78 is 11.8. The highest BCUT2D eigenvalue weighted by Gasteiger charge is 2.30. The number of hydrogen-bond acceptors (Lipinski definition) is 5. The Morgan fingerprint density at radius 2 is 2.04 bits per heavy atom. The van der Waals surface area contributed by atoms with Crippen molar-refractivity contribution in [2.45, 2.75) is 65.1 Å². The van der Waals surface area contributed by atoms with Crippen molar-refractivity contribution in [2.24, 2.45) is 11.8 Å². The van der Waals surface area contributed by atoms with Gasteiger partial charge in [-0.3, -0.25) is 14.2 Å². The molecule has 7 nitrogen and oxygen atoms in total. The molecule has 1 fully saturated rings. The second-order valence-corrected chi connectivity index (χ2v) is 7.75.